The number of aromatic nitrogens is 2. The molecule has 3 nitrogen and oxygen atoms in total. The number of likely N-dealkylation sites (tertiary alicyclic amines) is 1. The number of halogens is 2. The van der Waals surface area contributed by atoms with E-state index in [0.29, 0.717) is 13.0 Å². The van der Waals surface area contributed by atoms with Crippen LogP contribution in [-0.4, -0.2) is 33.7 Å². The SMILES string of the molecule is Cn1nccc1CN1CCCC[C@@H]1C(F)F. The van der Waals surface area contributed by atoms with Crippen molar-refractivity contribution in [2.75, 3.05) is 6.54 Å². The van der Waals surface area contributed by atoms with Crippen molar-refractivity contribution in [3.8, 4) is 0 Å². The molecule has 1 aromatic rings. The highest BCUT2D eigenvalue weighted by Crippen LogP contribution is 2.23. The number of rotatable bonds is 3. The average molecular weight is 229 g/mol. The minimum atomic E-state index is -2.24. The zero-order valence-electron chi connectivity index (χ0n) is 9.44. The molecular weight excluding hydrogens is 212 g/mol. The third-order valence-corrected chi connectivity index (χ3v) is 3.24. The molecule has 1 saturated heterocycles. The van der Waals surface area contributed by atoms with Gasteiger partial charge in [-0.1, -0.05) is 6.42 Å². The van der Waals surface area contributed by atoms with Gasteiger partial charge in [0.05, 0.1) is 11.7 Å². The lowest BCUT2D eigenvalue weighted by Crippen LogP contribution is -2.43. The van der Waals surface area contributed by atoms with E-state index in [0.717, 1.165) is 25.1 Å². The highest BCUT2D eigenvalue weighted by molar-refractivity contribution is 5.00. The molecule has 90 valence electrons. The van der Waals surface area contributed by atoms with Crippen LogP contribution in [0.2, 0.25) is 0 Å². The smallest absolute Gasteiger partial charge is 0.253 e. The summed E-state index contributed by atoms with van der Waals surface area (Å²) in [6, 6.07) is 1.31. The van der Waals surface area contributed by atoms with Gasteiger partial charge in [0, 0.05) is 19.8 Å². The third-order valence-electron chi connectivity index (χ3n) is 3.24. The van der Waals surface area contributed by atoms with Crippen molar-refractivity contribution in [3.63, 3.8) is 0 Å². The first-order chi connectivity index (χ1) is 7.68. The summed E-state index contributed by atoms with van der Waals surface area (Å²) < 4.78 is 27.4. The van der Waals surface area contributed by atoms with Crippen molar-refractivity contribution in [3.05, 3.63) is 18.0 Å². The molecule has 0 bridgehead atoms. The normalized spacial score (nSPS) is 22.9. The lowest BCUT2D eigenvalue weighted by Gasteiger charge is -2.34. The molecule has 0 unspecified atom stereocenters. The van der Waals surface area contributed by atoms with Crippen LogP contribution in [0.4, 0.5) is 8.78 Å². The molecule has 1 aromatic heterocycles. The van der Waals surface area contributed by atoms with Gasteiger partial charge in [-0.05, 0) is 25.5 Å². The fourth-order valence-corrected chi connectivity index (χ4v) is 2.26. The van der Waals surface area contributed by atoms with Crippen LogP contribution in [0.15, 0.2) is 12.3 Å². The Balaban J connectivity index is 2.04. The molecule has 2 heterocycles. The summed E-state index contributed by atoms with van der Waals surface area (Å²) in [5, 5.41) is 4.05. The molecule has 0 N–H and O–H groups in total. The number of hydrogen-bond donors (Lipinski definition) is 0. The second-order valence-electron chi connectivity index (χ2n) is 4.31. The average Bonchev–Trinajstić information content (AvgIpc) is 2.65. The van der Waals surface area contributed by atoms with Gasteiger partial charge in [0.1, 0.15) is 0 Å². The Hall–Kier alpha value is -0.970. The van der Waals surface area contributed by atoms with Gasteiger partial charge in [-0.15, -0.1) is 0 Å². The first-order valence-corrected chi connectivity index (χ1v) is 5.67. The predicted octanol–water partition coefficient (Wildman–Crippen LogP) is 2.04. The van der Waals surface area contributed by atoms with E-state index in [1.807, 2.05) is 18.0 Å². The number of alkyl halides is 2. The maximum atomic E-state index is 12.8. The molecular formula is C11H17F2N3. The van der Waals surface area contributed by atoms with Crippen LogP contribution in [0.1, 0.15) is 25.0 Å². The van der Waals surface area contributed by atoms with Crippen molar-refractivity contribution in [1.82, 2.24) is 14.7 Å². The lowest BCUT2D eigenvalue weighted by atomic mass is 10.0. The summed E-state index contributed by atoms with van der Waals surface area (Å²) >= 11 is 0. The quantitative estimate of drug-likeness (QED) is 0.791. The van der Waals surface area contributed by atoms with E-state index in [2.05, 4.69) is 5.10 Å². The number of aryl methyl sites for hydroxylation is 1. The highest BCUT2D eigenvalue weighted by Gasteiger charge is 2.30. The number of nitrogens with zero attached hydrogens (tertiary/aromatic N) is 3. The molecule has 2 rings (SSSR count). The summed E-state index contributed by atoms with van der Waals surface area (Å²) in [7, 11) is 1.84. The van der Waals surface area contributed by atoms with Crippen molar-refractivity contribution < 1.29 is 8.78 Å². The van der Waals surface area contributed by atoms with Gasteiger partial charge in [-0.3, -0.25) is 9.58 Å². The van der Waals surface area contributed by atoms with E-state index in [1.54, 1.807) is 10.9 Å². The Morgan fingerprint density at radius 1 is 1.50 bits per heavy atom. The van der Waals surface area contributed by atoms with E-state index < -0.39 is 12.5 Å². The van der Waals surface area contributed by atoms with Crippen molar-refractivity contribution in [2.24, 2.45) is 7.05 Å². The minimum Gasteiger partial charge on any atom is -0.289 e. The van der Waals surface area contributed by atoms with Crippen LogP contribution in [0.5, 0.6) is 0 Å². The Bertz CT molecular complexity index is 338. The molecule has 0 saturated carbocycles. The molecule has 0 amide bonds. The van der Waals surface area contributed by atoms with Crippen LogP contribution in [0.25, 0.3) is 0 Å². The van der Waals surface area contributed by atoms with Crippen LogP contribution in [0.3, 0.4) is 0 Å². The number of piperidine rings is 1. The molecule has 1 aliphatic heterocycles. The van der Waals surface area contributed by atoms with Gasteiger partial charge in [0.25, 0.3) is 6.43 Å². The van der Waals surface area contributed by atoms with Crippen LogP contribution in [-0.2, 0) is 13.6 Å². The summed E-state index contributed by atoms with van der Waals surface area (Å²) in [6.45, 7) is 1.34. The molecule has 1 atom stereocenters. The molecule has 16 heavy (non-hydrogen) atoms. The molecule has 5 heteroatoms. The molecule has 1 aliphatic rings. The van der Waals surface area contributed by atoms with E-state index in [1.165, 1.54) is 0 Å². The zero-order chi connectivity index (χ0) is 11.5. The van der Waals surface area contributed by atoms with Gasteiger partial charge in [0.2, 0.25) is 0 Å². The summed E-state index contributed by atoms with van der Waals surface area (Å²) in [5.74, 6) is 0. The highest BCUT2D eigenvalue weighted by atomic mass is 19.3. The predicted molar refractivity (Wildman–Crippen MR) is 57.3 cm³/mol. The maximum Gasteiger partial charge on any atom is 0.253 e. The third kappa shape index (κ3) is 2.40. The fraction of sp³-hybridized carbons (Fsp3) is 0.727. The van der Waals surface area contributed by atoms with Crippen LogP contribution in [0, 0.1) is 0 Å². The van der Waals surface area contributed by atoms with E-state index in [4.69, 9.17) is 0 Å². The summed E-state index contributed by atoms with van der Waals surface area (Å²) in [4.78, 5) is 1.88. The standard InChI is InChI=1S/C11H17F2N3/c1-15-9(5-6-14-15)8-16-7-3-2-4-10(16)11(12)13/h5-6,10-11H,2-4,7-8H2,1H3/t10-/m1/s1. The minimum absolute atomic E-state index is 0.575. The second kappa shape index (κ2) is 4.91. The summed E-state index contributed by atoms with van der Waals surface area (Å²) in [5.41, 5.74) is 0.993. The topological polar surface area (TPSA) is 21.1 Å². The van der Waals surface area contributed by atoms with Crippen LogP contribution >= 0.6 is 0 Å². The largest absolute Gasteiger partial charge is 0.289 e. The number of hydrogen-bond acceptors (Lipinski definition) is 2. The zero-order valence-corrected chi connectivity index (χ0v) is 9.44. The molecule has 0 spiro atoms. The Labute approximate surface area is 94.0 Å². The van der Waals surface area contributed by atoms with E-state index in [-0.39, 0.29) is 0 Å². The van der Waals surface area contributed by atoms with Gasteiger partial charge in [0.15, 0.2) is 0 Å². The van der Waals surface area contributed by atoms with Gasteiger partial charge < -0.3 is 0 Å². The molecule has 0 aliphatic carbocycles. The lowest BCUT2D eigenvalue weighted by molar-refractivity contribution is -0.000864. The van der Waals surface area contributed by atoms with Crippen LogP contribution < -0.4 is 0 Å². The molecule has 0 radical (unpaired) electrons. The first kappa shape index (κ1) is 11.5. The van der Waals surface area contributed by atoms with Crippen molar-refractivity contribution in [1.29, 1.82) is 0 Å². The monoisotopic (exact) mass is 229 g/mol. The van der Waals surface area contributed by atoms with E-state index >= 15 is 0 Å². The van der Waals surface area contributed by atoms with E-state index in [9.17, 15) is 8.78 Å². The fourth-order valence-electron chi connectivity index (χ4n) is 2.26. The Kier molecular flexibility index (Phi) is 3.53. The Morgan fingerprint density at radius 3 is 2.94 bits per heavy atom. The van der Waals surface area contributed by atoms with Gasteiger partial charge >= 0.3 is 0 Å². The van der Waals surface area contributed by atoms with Crippen molar-refractivity contribution >= 4 is 0 Å². The Morgan fingerprint density at radius 2 is 2.31 bits per heavy atom. The molecule has 0 aromatic carbocycles. The second-order valence-corrected chi connectivity index (χ2v) is 4.31. The first-order valence-electron chi connectivity index (χ1n) is 5.67. The van der Waals surface area contributed by atoms with Crippen molar-refractivity contribution in [2.45, 2.75) is 38.3 Å². The maximum absolute atomic E-state index is 12.8. The van der Waals surface area contributed by atoms with Gasteiger partial charge in [-0.25, -0.2) is 8.78 Å². The van der Waals surface area contributed by atoms with Gasteiger partial charge in [-0.2, -0.15) is 5.10 Å². The molecule has 1 fully saturated rings. The summed E-state index contributed by atoms with van der Waals surface area (Å²) in [6.07, 6.45) is 2.00.